The van der Waals surface area contributed by atoms with Crippen LogP contribution in [0.15, 0.2) is 30.3 Å². The second-order valence-corrected chi connectivity index (χ2v) is 3.08. The van der Waals surface area contributed by atoms with Crippen LogP contribution in [0.1, 0.15) is 11.1 Å². The Balaban J connectivity index is 3.23. The van der Waals surface area contributed by atoms with Gasteiger partial charge in [-0.2, -0.15) is 13.2 Å². The third-order valence-electron chi connectivity index (χ3n) is 1.87. The minimum absolute atomic E-state index is 0.00889. The highest BCUT2D eigenvalue weighted by Gasteiger charge is 2.34. The van der Waals surface area contributed by atoms with Gasteiger partial charge in [-0.25, -0.2) is 0 Å². The molecular formula is C11H9F3O. The van der Waals surface area contributed by atoms with Crippen molar-refractivity contribution in [1.29, 1.82) is 0 Å². The van der Waals surface area contributed by atoms with Crippen molar-refractivity contribution in [2.45, 2.75) is 13.1 Å². The summed E-state index contributed by atoms with van der Waals surface area (Å²) in [6, 6.07) is 5.94. The second kappa shape index (κ2) is 4.29. The van der Waals surface area contributed by atoms with E-state index in [4.69, 9.17) is 0 Å². The van der Waals surface area contributed by atoms with Gasteiger partial charge in [0.25, 0.3) is 0 Å². The Morgan fingerprint density at radius 2 is 2.00 bits per heavy atom. The molecule has 0 atom stereocenters. The molecule has 0 saturated carbocycles. The first kappa shape index (κ1) is 11.5. The first-order valence-corrected chi connectivity index (χ1v) is 4.25. The van der Waals surface area contributed by atoms with Gasteiger partial charge in [0.05, 0.1) is 5.57 Å². The standard InChI is InChI=1S/C11H9F3O/c1-8-3-2-4-9(7-8)10(5-6-15)11(12,13)14/h2-7H,1H3/b10-5+. The molecule has 0 aliphatic carbocycles. The maximum atomic E-state index is 12.5. The zero-order chi connectivity index (χ0) is 11.5. The molecule has 1 nitrogen and oxygen atoms in total. The summed E-state index contributed by atoms with van der Waals surface area (Å²) < 4.78 is 37.5. The van der Waals surface area contributed by atoms with Crippen molar-refractivity contribution in [3.05, 3.63) is 41.5 Å². The van der Waals surface area contributed by atoms with Crippen LogP contribution in [-0.4, -0.2) is 12.5 Å². The molecule has 0 amide bonds. The van der Waals surface area contributed by atoms with E-state index in [1.54, 1.807) is 13.0 Å². The first-order chi connectivity index (χ1) is 6.95. The third-order valence-corrected chi connectivity index (χ3v) is 1.87. The predicted octanol–water partition coefficient (Wildman–Crippen LogP) is 3.14. The predicted molar refractivity (Wildman–Crippen MR) is 51.3 cm³/mol. The van der Waals surface area contributed by atoms with Crippen molar-refractivity contribution < 1.29 is 18.0 Å². The molecule has 4 heteroatoms. The van der Waals surface area contributed by atoms with Crippen LogP contribution in [0.4, 0.5) is 13.2 Å². The molecule has 0 saturated heterocycles. The van der Waals surface area contributed by atoms with Crippen molar-refractivity contribution in [2.75, 3.05) is 0 Å². The molecule has 0 bridgehead atoms. The van der Waals surface area contributed by atoms with Crippen LogP contribution < -0.4 is 0 Å². The summed E-state index contributed by atoms with van der Waals surface area (Å²) in [6.07, 6.45) is -3.82. The monoisotopic (exact) mass is 214 g/mol. The molecule has 1 aromatic carbocycles. The van der Waals surface area contributed by atoms with Gasteiger partial charge >= 0.3 is 6.18 Å². The summed E-state index contributed by atoms with van der Waals surface area (Å²) in [5.74, 6) is 0. The third kappa shape index (κ3) is 2.94. The minimum atomic E-state index is -4.51. The molecule has 0 aromatic heterocycles. The molecule has 0 aliphatic rings. The lowest BCUT2D eigenvalue weighted by Gasteiger charge is -2.11. The normalized spacial score (nSPS) is 12.7. The molecule has 1 rings (SSSR count). The molecule has 0 spiro atoms. The van der Waals surface area contributed by atoms with Crippen LogP contribution in [0, 0.1) is 6.92 Å². The largest absolute Gasteiger partial charge is 0.417 e. The average molecular weight is 214 g/mol. The zero-order valence-electron chi connectivity index (χ0n) is 8.01. The Morgan fingerprint density at radius 1 is 1.33 bits per heavy atom. The molecule has 0 aliphatic heterocycles. The Morgan fingerprint density at radius 3 is 2.47 bits per heavy atom. The van der Waals surface area contributed by atoms with Crippen molar-refractivity contribution in [1.82, 2.24) is 0 Å². The summed E-state index contributed by atoms with van der Waals surface area (Å²) in [6.45, 7) is 1.69. The van der Waals surface area contributed by atoms with Gasteiger partial charge in [-0.05, 0) is 18.6 Å². The number of carbonyl (C=O) groups excluding carboxylic acids is 1. The molecule has 0 radical (unpaired) electrons. The maximum absolute atomic E-state index is 12.5. The number of alkyl halides is 3. The molecule has 0 heterocycles. The van der Waals surface area contributed by atoms with Crippen molar-refractivity contribution >= 4 is 11.9 Å². The van der Waals surface area contributed by atoms with Crippen molar-refractivity contribution in [3.63, 3.8) is 0 Å². The van der Waals surface area contributed by atoms with Crippen LogP contribution in [-0.2, 0) is 4.79 Å². The van der Waals surface area contributed by atoms with Gasteiger partial charge in [-0.1, -0.05) is 29.8 Å². The molecular weight excluding hydrogens is 205 g/mol. The smallest absolute Gasteiger partial charge is 0.299 e. The van der Waals surface area contributed by atoms with Crippen LogP contribution in [0.25, 0.3) is 5.57 Å². The molecule has 0 unspecified atom stereocenters. The summed E-state index contributed by atoms with van der Waals surface area (Å²) >= 11 is 0. The van der Waals surface area contributed by atoms with Crippen molar-refractivity contribution in [3.8, 4) is 0 Å². The Labute approximate surface area is 85.2 Å². The first-order valence-electron chi connectivity index (χ1n) is 4.25. The highest BCUT2D eigenvalue weighted by molar-refractivity contribution is 5.83. The number of allylic oxidation sites excluding steroid dienone is 2. The maximum Gasteiger partial charge on any atom is 0.417 e. The van der Waals surface area contributed by atoms with Crippen LogP contribution in [0.3, 0.4) is 0 Å². The van der Waals surface area contributed by atoms with E-state index in [1.165, 1.54) is 18.2 Å². The van der Waals surface area contributed by atoms with Gasteiger partial charge in [-0.3, -0.25) is 4.79 Å². The fourth-order valence-electron chi connectivity index (χ4n) is 1.24. The molecule has 15 heavy (non-hydrogen) atoms. The fourth-order valence-corrected chi connectivity index (χ4v) is 1.24. The Bertz CT molecular complexity index is 391. The van der Waals surface area contributed by atoms with Gasteiger partial charge in [0, 0.05) is 0 Å². The number of hydrogen-bond donors (Lipinski definition) is 0. The summed E-state index contributed by atoms with van der Waals surface area (Å²) in [4.78, 5) is 10.1. The van der Waals surface area contributed by atoms with Crippen LogP contribution in [0.5, 0.6) is 0 Å². The Hall–Kier alpha value is -1.58. The van der Waals surface area contributed by atoms with E-state index in [9.17, 15) is 18.0 Å². The lowest BCUT2D eigenvalue weighted by Crippen LogP contribution is -2.11. The number of carbonyl (C=O) groups is 1. The number of benzene rings is 1. The topological polar surface area (TPSA) is 17.1 Å². The zero-order valence-corrected chi connectivity index (χ0v) is 8.01. The number of rotatable bonds is 2. The van der Waals surface area contributed by atoms with E-state index in [0.29, 0.717) is 11.6 Å². The average Bonchev–Trinajstić information content (AvgIpc) is 2.12. The van der Waals surface area contributed by atoms with E-state index in [1.807, 2.05) is 0 Å². The lowest BCUT2D eigenvalue weighted by atomic mass is 10.0. The van der Waals surface area contributed by atoms with E-state index in [0.717, 1.165) is 0 Å². The summed E-state index contributed by atoms with van der Waals surface area (Å²) in [5, 5.41) is 0. The van der Waals surface area contributed by atoms with Gasteiger partial charge in [0.1, 0.15) is 6.29 Å². The van der Waals surface area contributed by atoms with E-state index in [2.05, 4.69) is 0 Å². The summed E-state index contributed by atoms with van der Waals surface area (Å²) in [5.41, 5.74) is -0.190. The highest BCUT2D eigenvalue weighted by atomic mass is 19.4. The van der Waals surface area contributed by atoms with Gasteiger partial charge in [0.15, 0.2) is 0 Å². The van der Waals surface area contributed by atoms with Gasteiger partial charge in [-0.15, -0.1) is 0 Å². The van der Waals surface area contributed by atoms with Crippen LogP contribution in [0.2, 0.25) is 0 Å². The summed E-state index contributed by atoms with van der Waals surface area (Å²) in [7, 11) is 0. The number of hydrogen-bond acceptors (Lipinski definition) is 1. The second-order valence-electron chi connectivity index (χ2n) is 3.08. The minimum Gasteiger partial charge on any atom is -0.299 e. The van der Waals surface area contributed by atoms with Gasteiger partial charge in [0.2, 0.25) is 0 Å². The molecule has 0 fully saturated rings. The Kier molecular flexibility index (Phi) is 3.29. The van der Waals surface area contributed by atoms with Gasteiger partial charge < -0.3 is 0 Å². The quantitative estimate of drug-likeness (QED) is 0.546. The van der Waals surface area contributed by atoms with E-state index < -0.39 is 11.7 Å². The fraction of sp³-hybridized carbons (Fsp3) is 0.182. The number of halogens is 3. The molecule has 1 aromatic rings. The SMILES string of the molecule is Cc1cccc(/C(=C\C=O)C(F)(F)F)c1. The molecule has 0 N–H and O–H groups in total. The molecule has 80 valence electrons. The van der Waals surface area contributed by atoms with Crippen molar-refractivity contribution in [2.24, 2.45) is 0 Å². The van der Waals surface area contributed by atoms with E-state index >= 15 is 0 Å². The number of aryl methyl sites for hydroxylation is 1. The van der Waals surface area contributed by atoms with E-state index in [-0.39, 0.29) is 11.8 Å². The number of aldehydes is 1. The lowest BCUT2D eigenvalue weighted by molar-refractivity contribution is -0.104. The highest BCUT2D eigenvalue weighted by Crippen LogP contribution is 2.33. The van der Waals surface area contributed by atoms with Crippen LogP contribution >= 0.6 is 0 Å².